The van der Waals surface area contributed by atoms with E-state index < -0.39 is 5.41 Å². The van der Waals surface area contributed by atoms with Crippen LogP contribution in [0.4, 0.5) is 10.5 Å². The minimum absolute atomic E-state index is 0.0658. The molecular formula is C24H31N3O5. The van der Waals surface area contributed by atoms with E-state index in [1.165, 1.54) is 0 Å². The Hall–Kier alpha value is -3.42. The number of benzene rings is 2. The Labute approximate surface area is 188 Å². The molecule has 1 atom stereocenters. The van der Waals surface area contributed by atoms with Gasteiger partial charge in [0.15, 0.2) is 11.5 Å². The summed E-state index contributed by atoms with van der Waals surface area (Å²) in [6.45, 7) is 3.25. The number of nitrogens with one attached hydrogen (secondary N) is 2. The molecule has 1 unspecified atom stereocenters. The molecule has 0 spiro atoms. The Bertz CT molecular complexity index is 964. The number of amides is 3. The fourth-order valence-electron chi connectivity index (χ4n) is 3.89. The monoisotopic (exact) mass is 441 g/mol. The van der Waals surface area contributed by atoms with E-state index in [4.69, 9.17) is 14.2 Å². The lowest BCUT2D eigenvalue weighted by atomic mass is 9.81. The first-order valence-corrected chi connectivity index (χ1v) is 10.6. The minimum Gasteiger partial charge on any atom is -0.497 e. The third kappa shape index (κ3) is 5.43. The van der Waals surface area contributed by atoms with E-state index in [1.54, 1.807) is 44.4 Å². The average molecular weight is 442 g/mol. The fraction of sp³-hybridized carbons (Fsp3) is 0.417. The number of piperidine rings is 1. The number of rotatable bonds is 7. The quantitative estimate of drug-likeness (QED) is 0.685. The van der Waals surface area contributed by atoms with E-state index in [0.717, 1.165) is 24.2 Å². The van der Waals surface area contributed by atoms with Crippen molar-refractivity contribution in [2.75, 3.05) is 39.7 Å². The zero-order valence-corrected chi connectivity index (χ0v) is 19.1. The molecule has 2 aromatic rings. The topological polar surface area (TPSA) is 89.1 Å². The Morgan fingerprint density at radius 1 is 1.03 bits per heavy atom. The van der Waals surface area contributed by atoms with Gasteiger partial charge in [0.25, 0.3) is 0 Å². The maximum atomic E-state index is 13.0. The standard InChI is InChI=1S/C24H31N3O5/c1-24(22(28)25-15-17-7-5-8-19(13-17)30-2)11-6-12-27(16-24)23(29)26-18-9-10-20(31-3)21(14-18)32-4/h5,7-10,13-14H,6,11-12,15-16H2,1-4H3,(H,25,28)(H,26,29). The third-order valence-electron chi connectivity index (χ3n) is 5.75. The van der Waals surface area contributed by atoms with Crippen LogP contribution in [-0.4, -0.2) is 51.3 Å². The summed E-state index contributed by atoms with van der Waals surface area (Å²) in [5.74, 6) is 1.80. The van der Waals surface area contributed by atoms with Crippen molar-refractivity contribution in [3.8, 4) is 17.2 Å². The Balaban J connectivity index is 1.61. The Morgan fingerprint density at radius 2 is 1.81 bits per heavy atom. The molecule has 1 aliphatic heterocycles. The van der Waals surface area contributed by atoms with Crippen molar-refractivity contribution in [3.05, 3.63) is 48.0 Å². The minimum atomic E-state index is -0.661. The molecule has 1 aliphatic rings. The molecule has 8 heteroatoms. The first-order valence-electron chi connectivity index (χ1n) is 10.6. The van der Waals surface area contributed by atoms with Gasteiger partial charge < -0.3 is 29.7 Å². The predicted molar refractivity (Wildman–Crippen MR) is 122 cm³/mol. The summed E-state index contributed by atoms with van der Waals surface area (Å²) in [5, 5.41) is 5.90. The van der Waals surface area contributed by atoms with E-state index in [2.05, 4.69) is 10.6 Å². The normalized spacial score (nSPS) is 17.9. The molecule has 3 rings (SSSR count). The van der Waals surface area contributed by atoms with Crippen LogP contribution in [0.2, 0.25) is 0 Å². The number of urea groups is 1. The van der Waals surface area contributed by atoms with Crippen LogP contribution in [0.1, 0.15) is 25.3 Å². The number of carbonyl (C=O) groups is 2. The van der Waals surface area contributed by atoms with Gasteiger partial charge in [-0.1, -0.05) is 12.1 Å². The second-order valence-corrected chi connectivity index (χ2v) is 8.12. The van der Waals surface area contributed by atoms with E-state index in [9.17, 15) is 9.59 Å². The van der Waals surface area contributed by atoms with Gasteiger partial charge in [-0.3, -0.25) is 4.79 Å². The van der Waals surface area contributed by atoms with Gasteiger partial charge in [0.2, 0.25) is 5.91 Å². The first kappa shape index (κ1) is 23.2. The molecule has 172 valence electrons. The summed E-state index contributed by atoms with van der Waals surface area (Å²) in [5.41, 5.74) is 0.897. The van der Waals surface area contributed by atoms with Gasteiger partial charge in [-0.25, -0.2) is 4.79 Å². The van der Waals surface area contributed by atoms with Gasteiger partial charge >= 0.3 is 6.03 Å². The first-order chi connectivity index (χ1) is 15.4. The van der Waals surface area contributed by atoms with Crippen molar-refractivity contribution in [2.24, 2.45) is 5.41 Å². The number of methoxy groups -OCH3 is 3. The van der Waals surface area contributed by atoms with E-state index in [1.807, 2.05) is 31.2 Å². The van der Waals surface area contributed by atoms with Crippen LogP contribution in [0.15, 0.2) is 42.5 Å². The SMILES string of the molecule is COc1cccc(CNC(=O)C2(C)CCCN(C(=O)Nc3ccc(OC)c(OC)c3)C2)c1. The average Bonchev–Trinajstić information content (AvgIpc) is 2.82. The summed E-state index contributed by atoms with van der Waals surface area (Å²) in [6.07, 6.45) is 1.47. The Kier molecular flexibility index (Phi) is 7.45. The summed E-state index contributed by atoms with van der Waals surface area (Å²) in [6, 6.07) is 12.5. The largest absolute Gasteiger partial charge is 0.497 e. The van der Waals surface area contributed by atoms with Crippen LogP contribution >= 0.6 is 0 Å². The molecule has 1 heterocycles. The zero-order chi connectivity index (χ0) is 23.1. The van der Waals surface area contributed by atoms with Crippen molar-refractivity contribution >= 4 is 17.6 Å². The smallest absolute Gasteiger partial charge is 0.321 e. The van der Waals surface area contributed by atoms with E-state index >= 15 is 0 Å². The molecular weight excluding hydrogens is 410 g/mol. The number of anilines is 1. The van der Waals surface area contributed by atoms with Crippen LogP contribution in [-0.2, 0) is 11.3 Å². The van der Waals surface area contributed by atoms with Gasteiger partial charge in [0.1, 0.15) is 5.75 Å². The lowest BCUT2D eigenvalue weighted by Crippen LogP contribution is -2.52. The lowest BCUT2D eigenvalue weighted by molar-refractivity contribution is -0.132. The van der Waals surface area contributed by atoms with Crippen LogP contribution in [0.25, 0.3) is 0 Å². The van der Waals surface area contributed by atoms with E-state index in [-0.39, 0.29) is 11.9 Å². The lowest BCUT2D eigenvalue weighted by Gasteiger charge is -2.39. The van der Waals surface area contributed by atoms with Crippen LogP contribution in [0.5, 0.6) is 17.2 Å². The molecule has 2 N–H and O–H groups in total. The highest BCUT2D eigenvalue weighted by molar-refractivity contribution is 5.91. The molecule has 0 aromatic heterocycles. The molecule has 3 amide bonds. The van der Waals surface area contributed by atoms with Gasteiger partial charge in [0.05, 0.1) is 26.7 Å². The molecule has 32 heavy (non-hydrogen) atoms. The maximum absolute atomic E-state index is 13.0. The van der Waals surface area contributed by atoms with Crippen LogP contribution < -0.4 is 24.8 Å². The van der Waals surface area contributed by atoms with Crippen molar-refractivity contribution in [2.45, 2.75) is 26.3 Å². The third-order valence-corrected chi connectivity index (χ3v) is 5.75. The number of hydrogen-bond acceptors (Lipinski definition) is 5. The van der Waals surface area contributed by atoms with Crippen molar-refractivity contribution < 1.29 is 23.8 Å². The predicted octanol–water partition coefficient (Wildman–Crippen LogP) is 3.66. The number of nitrogens with zero attached hydrogens (tertiary/aromatic N) is 1. The van der Waals surface area contributed by atoms with Crippen LogP contribution in [0, 0.1) is 5.41 Å². The number of carbonyl (C=O) groups excluding carboxylic acids is 2. The summed E-state index contributed by atoms with van der Waals surface area (Å²) in [7, 11) is 4.72. The number of ether oxygens (including phenoxy) is 3. The molecule has 0 saturated carbocycles. The van der Waals surface area contributed by atoms with Gasteiger partial charge in [0, 0.05) is 31.4 Å². The highest BCUT2D eigenvalue weighted by Gasteiger charge is 2.39. The molecule has 1 fully saturated rings. The summed E-state index contributed by atoms with van der Waals surface area (Å²) < 4.78 is 15.8. The molecule has 2 aromatic carbocycles. The number of hydrogen-bond donors (Lipinski definition) is 2. The summed E-state index contributed by atoms with van der Waals surface area (Å²) >= 11 is 0. The second kappa shape index (κ2) is 10.3. The van der Waals surface area contributed by atoms with Crippen molar-refractivity contribution in [1.29, 1.82) is 0 Å². The molecule has 0 aliphatic carbocycles. The second-order valence-electron chi connectivity index (χ2n) is 8.12. The Morgan fingerprint density at radius 3 is 2.53 bits per heavy atom. The molecule has 0 radical (unpaired) electrons. The van der Waals surface area contributed by atoms with Gasteiger partial charge in [-0.05, 0) is 49.6 Å². The molecule has 8 nitrogen and oxygen atoms in total. The maximum Gasteiger partial charge on any atom is 0.321 e. The van der Waals surface area contributed by atoms with Crippen LogP contribution in [0.3, 0.4) is 0 Å². The van der Waals surface area contributed by atoms with Crippen molar-refractivity contribution in [3.63, 3.8) is 0 Å². The van der Waals surface area contributed by atoms with Gasteiger partial charge in [-0.2, -0.15) is 0 Å². The van der Waals surface area contributed by atoms with E-state index in [0.29, 0.717) is 36.8 Å². The highest BCUT2D eigenvalue weighted by Crippen LogP contribution is 2.32. The highest BCUT2D eigenvalue weighted by atomic mass is 16.5. The molecule has 1 saturated heterocycles. The zero-order valence-electron chi connectivity index (χ0n) is 19.1. The summed E-state index contributed by atoms with van der Waals surface area (Å²) in [4.78, 5) is 27.6. The molecule has 0 bridgehead atoms. The number of likely N-dealkylation sites (tertiary alicyclic amines) is 1. The fourth-order valence-corrected chi connectivity index (χ4v) is 3.89. The van der Waals surface area contributed by atoms with Crippen molar-refractivity contribution in [1.82, 2.24) is 10.2 Å². The van der Waals surface area contributed by atoms with Gasteiger partial charge in [-0.15, -0.1) is 0 Å².